The van der Waals surface area contributed by atoms with E-state index >= 15 is 0 Å². The molecule has 1 fully saturated rings. The van der Waals surface area contributed by atoms with E-state index in [1.807, 2.05) is 17.5 Å². The molecular formula is C23H14ClNO6S2. The van der Waals surface area contributed by atoms with Crippen LogP contribution >= 0.6 is 34.7 Å². The Morgan fingerprint density at radius 3 is 2.70 bits per heavy atom. The lowest BCUT2D eigenvalue weighted by Gasteiger charge is -2.14. The number of rotatable bonds is 5. The molecular weight excluding hydrogens is 486 g/mol. The molecule has 0 radical (unpaired) electrons. The number of aromatic carboxylic acids is 1. The third-order valence-electron chi connectivity index (χ3n) is 5.08. The number of thioether (sulfide) groups is 1. The molecule has 0 unspecified atom stereocenters. The van der Waals surface area contributed by atoms with Crippen LogP contribution in [0.5, 0.6) is 11.5 Å². The molecule has 7 nitrogen and oxygen atoms in total. The molecule has 2 aliphatic rings. The number of amides is 2. The van der Waals surface area contributed by atoms with Gasteiger partial charge in [0.2, 0.25) is 6.79 Å². The predicted molar refractivity (Wildman–Crippen MR) is 126 cm³/mol. The van der Waals surface area contributed by atoms with Crippen molar-refractivity contribution in [2.45, 2.75) is 6.54 Å². The van der Waals surface area contributed by atoms with Crippen LogP contribution < -0.4 is 9.47 Å². The van der Waals surface area contributed by atoms with Gasteiger partial charge in [-0.15, -0.1) is 11.3 Å². The van der Waals surface area contributed by atoms with Gasteiger partial charge in [-0.1, -0.05) is 23.7 Å². The fourth-order valence-corrected chi connectivity index (χ4v) is 5.39. The first-order valence-corrected chi connectivity index (χ1v) is 11.7. The Morgan fingerprint density at radius 1 is 1.12 bits per heavy atom. The highest BCUT2D eigenvalue weighted by molar-refractivity contribution is 8.18. The molecule has 0 atom stereocenters. The Bertz CT molecular complexity index is 1350. The summed E-state index contributed by atoms with van der Waals surface area (Å²) in [7, 11) is 0. The number of carbonyl (C=O) groups is 3. The Kier molecular flexibility index (Phi) is 5.61. The van der Waals surface area contributed by atoms with Gasteiger partial charge in [-0.2, -0.15) is 0 Å². The second-order valence-corrected chi connectivity index (χ2v) is 9.53. The fraction of sp³-hybridized carbons (Fsp3) is 0.0870. The molecule has 3 aromatic rings. The zero-order chi connectivity index (χ0) is 23.1. The molecule has 0 bridgehead atoms. The summed E-state index contributed by atoms with van der Waals surface area (Å²) in [5, 5.41) is 11.1. The third kappa shape index (κ3) is 4.22. The molecule has 3 heterocycles. The summed E-state index contributed by atoms with van der Waals surface area (Å²) < 4.78 is 10.6. The van der Waals surface area contributed by atoms with Crippen molar-refractivity contribution >= 4 is 57.9 Å². The van der Waals surface area contributed by atoms with Crippen molar-refractivity contribution < 1.29 is 29.0 Å². The Labute approximate surface area is 201 Å². The van der Waals surface area contributed by atoms with E-state index in [0.717, 1.165) is 32.7 Å². The van der Waals surface area contributed by atoms with E-state index in [1.165, 1.54) is 17.4 Å². The summed E-state index contributed by atoms with van der Waals surface area (Å²) >= 11 is 8.56. The molecule has 1 saturated heterocycles. The van der Waals surface area contributed by atoms with Crippen LogP contribution in [0.15, 0.2) is 52.7 Å². The molecule has 2 aliphatic heterocycles. The van der Waals surface area contributed by atoms with Gasteiger partial charge in [0.25, 0.3) is 11.1 Å². The topological polar surface area (TPSA) is 93.1 Å². The summed E-state index contributed by atoms with van der Waals surface area (Å²) in [6.07, 6.45) is 1.67. The molecule has 0 aliphatic carbocycles. The quantitative estimate of drug-likeness (QED) is 0.448. The van der Waals surface area contributed by atoms with E-state index in [4.69, 9.17) is 21.1 Å². The van der Waals surface area contributed by atoms with E-state index in [9.17, 15) is 19.5 Å². The Morgan fingerprint density at radius 2 is 1.91 bits per heavy atom. The molecule has 2 amide bonds. The van der Waals surface area contributed by atoms with Crippen LogP contribution in [-0.4, -0.2) is 33.9 Å². The summed E-state index contributed by atoms with van der Waals surface area (Å²) in [4.78, 5) is 38.9. The summed E-state index contributed by atoms with van der Waals surface area (Å²) in [6, 6.07) is 11.8. The summed E-state index contributed by atoms with van der Waals surface area (Å²) in [5.41, 5.74) is 2.38. The molecule has 1 aromatic heterocycles. The zero-order valence-corrected chi connectivity index (χ0v) is 19.1. The number of carbonyl (C=O) groups excluding carboxylic acids is 2. The highest BCUT2D eigenvalue weighted by Crippen LogP contribution is 2.40. The van der Waals surface area contributed by atoms with Gasteiger partial charge in [0.15, 0.2) is 11.5 Å². The molecule has 166 valence electrons. The van der Waals surface area contributed by atoms with E-state index in [2.05, 4.69) is 0 Å². The summed E-state index contributed by atoms with van der Waals surface area (Å²) in [6.45, 7) is 0.123. The normalized spacial score (nSPS) is 16.2. The predicted octanol–water partition coefficient (Wildman–Crippen LogP) is 5.73. The second-order valence-electron chi connectivity index (χ2n) is 7.19. The number of imide groups is 1. The number of halogens is 1. The van der Waals surface area contributed by atoms with Crippen molar-refractivity contribution in [2.24, 2.45) is 0 Å². The lowest BCUT2D eigenvalue weighted by atomic mass is 10.1. The van der Waals surface area contributed by atoms with Crippen molar-refractivity contribution in [2.75, 3.05) is 6.79 Å². The van der Waals surface area contributed by atoms with Crippen LogP contribution in [0.4, 0.5) is 4.79 Å². The number of nitrogens with zero attached hydrogens (tertiary/aromatic N) is 1. The minimum absolute atomic E-state index is 0.0230. The SMILES string of the molecule is O=C(O)c1cccc(-c2csc(/C=C3\SC(=O)N(Cc4cc5c(cc4Cl)OCO5)C3=O)c2)c1. The van der Waals surface area contributed by atoms with Crippen LogP contribution in [-0.2, 0) is 11.3 Å². The molecule has 10 heteroatoms. The van der Waals surface area contributed by atoms with Crippen molar-refractivity contribution in [1.29, 1.82) is 0 Å². The van der Waals surface area contributed by atoms with Crippen molar-refractivity contribution in [1.82, 2.24) is 4.90 Å². The van der Waals surface area contributed by atoms with Gasteiger partial charge < -0.3 is 14.6 Å². The second kappa shape index (κ2) is 8.58. The fourth-order valence-electron chi connectivity index (χ4n) is 3.43. The maximum absolute atomic E-state index is 12.9. The number of benzene rings is 2. The molecule has 0 spiro atoms. The highest BCUT2D eigenvalue weighted by Gasteiger charge is 2.36. The molecule has 2 aromatic carbocycles. The number of thiophene rings is 1. The van der Waals surface area contributed by atoms with E-state index in [-0.39, 0.29) is 24.1 Å². The van der Waals surface area contributed by atoms with Gasteiger partial charge in [0.1, 0.15) is 0 Å². The largest absolute Gasteiger partial charge is 0.478 e. The molecule has 1 N–H and O–H groups in total. The van der Waals surface area contributed by atoms with Crippen LogP contribution in [0.25, 0.3) is 17.2 Å². The van der Waals surface area contributed by atoms with Gasteiger partial charge >= 0.3 is 5.97 Å². The van der Waals surface area contributed by atoms with Crippen LogP contribution in [0.1, 0.15) is 20.8 Å². The first kappa shape index (κ1) is 21.6. The van der Waals surface area contributed by atoms with Gasteiger partial charge in [0, 0.05) is 16.0 Å². The van der Waals surface area contributed by atoms with E-state index in [1.54, 1.807) is 30.3 Å². The zero-order valence-electron chi connectivity index (χ0n) is 16.7. The van der Waals surface area contributed by atoms with Crippen LogP contribution in [0.3, 0.4) is 0 Å². The van der Waals surface area contributed by atoms with Crippen molar-refractivity contribution in [3.63, 3.8) is 0 Å². The number of ether oxygens (including phenoxy) is 2. The average Bonchev–Trinajstić information content (AvgIpc) is 3.51. The lowest BCUT2D eigenvalue weighted by Crippen LogP contribution is -2.27. The highest BCUT2D eigenvalue weighted by atomic mass is 35.5. The number of carboxylic acid groups (broad SMARTS) is 1. The minimum Gasteiger partial charge on any atom is -0.478 e. The van der Waals surface area contributed by atoms with Gasteiger partial charge in [-0.3, -0.25) is 14.5 Å². The number of fused-ring (bicyclic) bond motifs is 1. The molecule has 0 saturated carbocycles. The third-order valence-corrected chi connectivity index (χ3v) is 7.22. The maximum Gasteiger partial charge on any atom is 0.335 e. The van der Waals surface area contributed by atoms with Crippen molar-refractivity contribution in [3.05, 3.63) is 73.8 Å². The van der Waals surface area contributed by atoms with E-state index in [0.29, 0.717) is 27.0 Å². The number of hydrogen-bond acceptors (Lipinski definition) is 7. The average molecular weight is 500 g/mol. The van der Waals surface area contributed by atoms with Gasteiger partial charge in [-0.25, -0.2) is 4.79 Å². The minimum atomic E-state index is -0.997. The van der Waals surface area contributed by atoms with Crippen LogP contribution in [0, 0.1) is 0 Å². The maximum atomic E-state index is 12.9. The molecule has 5 rings (SSSR count). The van der Waals surface area contributed by atoms with Gasteiger partial charge in [0.05, 0.1) is 17.0 Å². The summed E-state index contributed by atoms with van der Waals surface area (Å²) in [5.74, 6) is -0.347. The monoisotopic (exact) mass is 499 g/mol. The smallest absolute Gasteiger partial charge is 0.335 e. The lowest BCUT2D eigenvalue weighted by molar-refractivity contribution is -0.123. The Hall–Kier alpha value is -3.27. The number of hydrogen-bond donors (Lipinski definition) is 1. The Balaban J connectivity index is 1.36. The van der Waals surface area contributed by atoms with E-state index < -0.39 is 11.9 Å². The van der Waals surface area contributed by atoms with Crippen molar-refractivity contribution in [3.8, 4) is 22.6 Å². The molecule has 33 heavy (non-hydrogen) atoms. The van der Waals surface area contributed by atoms with Gasteiger partial charge in [-0.05, 0) is 64.2 Å². The van der Waals surface area contributed by atoms with Crippen LogP contribution in [0.2, 0.25) is 5.02 Å². The first-order valence-electron chi connectivity index (χ1n) is 9.65. The first-order chi connectivity index (χ1) is 15.9. The number of carboxylic acids is 1. The standard InChI is InChI=1S/C23H14ClNO6S2/c24-17-8-19-18(30-11-31-19)6-14(17)9-25-21(26)20(33-23(25)29)7-16-5-15(10-32-16)12-2-1-3-13(4-12)22(27)28/h1-8,10H,9,11H2,(H,27,28)/b20-7-.